The monoisotopic (exact) mass is 190 g/mol. The van der Waals surface area contributed by atoms with Crippen molar-refractivity contribution in [3.8, 4) is 0 Å². The Labute approximate surface area is 85.5 Å². The molecule has 0 heterocycles. The molecule has 0 aliphatic heterocycles. The van der Waals surface area contributed by atoms with E-state index in [9.17, 15) is 4.79 Å². The van der Waals surface area contributed by atoms with Crippen LogP contribution in [0, 0.1) is 5.92 Å². The Bertz CT molecular complexity index is 294. The topological polar surface area (TPSA) is 20.3 Å². The molecule has 0 aliphatic carbocycles. The highest BCUT2D eigenvalue weighted by molar-refractivity contribution is 6.02. The predicted molar refractivity (Wildman–Crippen MR) is 59.1 cm³/mol. The van der Waals surface area contributed by atoms with Crippen LogP contribution in [0.2, 0.25) is 0 Å². The minimum atomic E-state index is 0.0960. The smallest absolute Gasteiger partial charge is 0.233 e. The Morgan fingerprint density at radius 3 is 2.36 bits per heavy atom. The van der Waals surface area contributed by atoms with E-state index in [1.165, 1.54) is 0 Å². The molecule has 0 bridgehead atoms. The van der Waals surface area contributed by atoms with E-state index in [0.717, 1.165) is 18.0 Å². The fourth-order valence-corrected chi connectivity index (χ4v) is 1.21. The van der Waals surface area contributed by atoms with Gasteiger partial charge in [-0.05, 0) is 25.5 Å². The number of carbonyl (C=O) groups is 1. The zero-order valence-electron chi connectivity index (χ0n) is 8.95. The van der Waals surface area contributed by atoms with E-state index in [1.807, 2.05) is 44.2 Å². The Morgan fingerprint density at radius 2 is 1.86 bits per heavy atom. The lowest BCUT2D eigenvalue weighted by molar-refractivity contribution is -0.116. The Morgan fingerprint density at radius 1 is 1.29 bits per heavy atom. The van der Waals surface area contributed by atoms with Crippen molar-refractivity contribution in [3.05, 3.63) is 36.2 Å². The number of rotatable bonds is 3. The minimum absolute atomic E-state index is 0.0960. The quantitative estimate of drug-likeness (QED) is 0.717. The lowest BCUT2D eigenvalue weighted by atomic mass is 10.1. The highest BCUT2D eigenvalue weighted by Gasteiger charge is 2.16. The van der Waals surface area contributed by atoms with E-state index in [0.29, 0.717) is 0 Å². The summed E-state index contributed by atoms with van der Waals surface area (Å²) in [6, 6.07) is 9.67. The second-order valence-electron chi connectivity index (χ2n) is 3.33. The molecule has 0 atom stereocenters. The first kappa shape index (κ1) is 10.8. The largest absolute Gasteiger partial charge is 0.315 e. The Kier molecular flexibility index (Phi) is 3.69. The van der Waals surface area contributed by atoms with Crippen molar-refractivity contribution in [1.82, 2.24) is 0 Å². The molecule has 1 amide bonds. The van der Waals surface area contributed by atoms with Gasteiger partial charge in [-0.15, -0.1) is 0 Å². The van der Waals surface area contributed by atoms with E-state index < -0.39 is 0 Å². The van der Waals surface area contributed by atoms with Gasteiger partial charge >= 0.3 is 0 Å². The van der Waals surface area contributed by atoms with Crippen molar-refractivity contribution >= 4 is 11.6 Å². The van der Waals surface area contributed by atoms with Crippen molar-refractivity contribution < 1.29 is 4.79 Å². The van der Waals surface area contributed by atoms with Crippen LogP contribution in [0.5, 0.6) is 0 Å². The summed E-state index contributed by atoms with van der Waals surface area (Å²) in [4.78, 5) is 13.4. The van der Waals surface area contributed by atoms with Gasteiger partial charge in [0.1, 0.15) is 0 Å². The second-order valence-corrected chi connectivity index (χ2v) is 3.33. The molecule has 0 spiro atoms. The molecular formula is C12H16NO. The van der Waals surface area contributed by atoms with Crippen molar-refractivity contribution in [1.29, 1.82) is 0 Å². The van der Waals surface area contributed by atoms with Gasteiger partial charge in [-0.3, -0.25) is 4.79 Å². The molecule has 1 aromatic rings. The van der Waals surface area contributed by atoms with Crippen LogP contribution in [0.15, 0.2) is 30.3 Å². The normalized spacial score (nSPS) is 10.3. The molecule has 0 saturated carbocycles. The first-order valence-corrected chi connectivity index (χ1v) is 4.82. The SMILES string of the molecule is CC[C](C)C(=O)N(C)c1ccccc1. The zero-order valence-corrected chi connectivity index (χ0v) is 8.95. The van der Waals surface area contributed by atoms with Crippen molar-refractivity contribution in [2.75, 3.05) is 11.9 Å². The van der Waals surface area contributed by atoms with Crippen LogP contribution in [0.3, 0.4) is 0 Å². The number of para-hydroxylation sites is 1. The van der Waals surface area contributed by atoms with Gasteiger partial charge in [-0.2, -0.15) is 0 Å². The van der Waals surface area contributed by atoms with Crippen molar-refractivity contribution in [3.63, 3.8) is 0 Å². The maximum atomic E-state index is 11.8. The van der Waals surface area contributed by atoms with Crippen LogP contribution in [0.25, 0.3) is 0 Å². The third-order valence-electron chi connectivity index (χ3n) is 2.34. The Hall–Kier alpha value is -1.31. The molecule has 0 saturated heterocycles. The third kappa shape index (κ3) is 2.34. The van der Waals surface area contributed by atoms with Gasteiger partial charge in [-0.25, -0.2) is 0 Å². The van der Waals surface area contributed by atoms with Crippen molar-refractivity contribution in [2.45, 2.75) is 20.3 Å². The van der Waals surface area contributed by atoms with Gasteiger partial charge in [0.25, 0.3) is 0 Å². The molecule has 75 valence electrons. The Balaban J connectivity index is 2.76. The lowest BCUT2D eigenvalue weighted by Crippen LogP contribution is -2.30. The molecule has 0 aromatic heterocycles. The molecule has 0 fully saturated rings. The number of amides is 1. The van der Waals surface area contributed by atoms with Crippen LogP contribution in [-0.2, 0) is 4.79 Å². The van der Waals surface area contributed by atoms with Gasteiger partial charge < -0.3 is 4.90 Å². The van der Waals surface area contributed by atoms with Gasteiger partial charge in [0.05, 0.1) is 5.92 Å². The zero-order chi connectivity index (χ0) is 10.6. The van der Waals surface area contributed by atoms with Gasteiger partial charge in [0, 0.05) is 12.7 Å². The number of carbonyl (C=O) groups excluding carboxylic acids is 1. The first-order valence-electron chi connectivity index (χ1n) is 4.82. The molecular weight excluding hydrogens is 174 g/mol. The highest BCUT2D eigenvalue weighted by atomic mass is 16.2. The fraction of sp³-hybridized carbons (Fsp3) is 0.333. The average molecular weight is 190 g/mol. The van der Waals surface area contributed by atoms with Gasteiger partial charge in [0.2, 0.25) is 5.91 Å². The third-order valence-corrected chi connectivity index (χ3v) is 2.34. The maximum Gasteiger partial charge on any atom is 0.233 e. The van der Waals surface area contributed by atoms with Crippen LogP contribution in [-0.4, -0.2) is 13.0 Å². The number of anilines is 1. The van der Waals surface area contributed by atoms with Crippen molar-refractivity contribution in [2.24, 2.45) is 0 Å². The molecule has 0 N–H and O–H groups in total. The summed E-state index contributed by atoms with van der Waals surface area (Å²) in [7, 11) is 1.80. The maximum absolute atomic E-state index is 11.8. The van der Waals surface area contributed by atoms with Crippen LogP contribution in [0.4, 0.5) is 5.69 Å². The van der Waals surface area contributed by atoms with E-state index in [-0.39, 0.29) is 5.91 Å². The molecule has 1 aromatic carbocycles. The van der Waals surface area contributed by atoms with Crippen LogP contribution in [0.1, 0.15) is 20.3 Å². The summed E-state index contributed by atoms with van der Waals surface area (Å²) in [5.74, 6) is 0.982. The predicted octanol–water partition coefficient (Wildman–Crippen LogP) is 2.65. The minimum Gasteiger partial charge on any atom is -0.315 e. The number of hydrogen-bond donors (Lipinski definition) is 0. The fourth-order valence-electron chi connectivity index (χ4n) is 1.21. The summed E-state index contributed by atoms with van der Waals surface area (Å²) >= 11 is 0. The standard InChI is InChI=1S/C12H16NO/c1-4-10(2)12(14)13(3)11-8-6-5-7-9-11/h5-9H,4H2,1-3H3. The van der Waals surface area contributed by atoms with E-state index >= 15 is 0 Å². The molecule has 2 nitrogen and oxygen atoms in total. The summed E-state index contributed by atoms with van der Waals surface area (Å²) in [5, 5.41) is 0. The van der Waals surface area contributed by atoms with Crippen LogP contribution < -0.4 is 4.90 Å². The van der Waals surface area contributed by atoms with E-state index in [4.69, 9.17) is 0 Å². The van der Waals surface area contributed by atoms with Gasteiger partial charge in [-0.1, -0.05) is 25.1 Å². The summed E-state index contributed by atoms with van der Waals surface area (Å²) in [5.41, 5.74) is 0.935. The number of benzene rings is 1. The first-order chi connectivity index (χ1) is 6.66. The van der Waals surface area contributed by atoms with E-state index in [1.54, 1.807) is 11.9 Å². The molecule has 1 rings (SSSR count). The molecule has 2 heteroatoms. The lowest BCUT2D eigenvalue weighted by Gasteiger charge is -2.20. The van der Waals surface area contributed by atoms with Crippen LogP contribution >= 0.6 is 0 Å². The van der Waals surface area contributed by atoms with E-state index in [2.05, 4.69) is 0 Å². The summed E-state index contributed by atoms with van der Waals surface area (Å²) < 4.78 is 0. The van der Waals surface area contributed by atoms with Gasteiger partial charge in [0.15, 0.2) is 0 Å². The molecule has 1 radical (unpaired) electrons. The average Bonchev–Trinajstić information content (AvgIpc) is 2.27. The molecule has 0 aliphatic rings. The second kappa shape index (κ2) is 4.80. The number of nitrogens with zero attached hydrogens (tertiary/aromatic N) is 1. The molecule has 0 unspecified atom stereocenters. The summed E-state index contributed by atoms with van der Waals surface area (Å²) in [6.07, 6.45) is 0.802. The summed E-state index contributed by atoms with van der Waals surface area (Å²) in [6.45, 7) is 3.87. The highest BCUT2D eigenvalue weighted by Crippen LogP contribution is 2.16. The molecule has 14 heavy (non-hydrogen) atoms. The number of hydrogen-bond acceptors (Lipinski definition) is 1.